The summed E-state index contributed by atoms with van der Waals surface area (Å²) in [5, 5.41) is 3.32. The maximum absolute atomic E-state index is 11.7. The van der Waals surface area contributed by atoms with Gasteiger partial charge in [-0.2, -0.15) is 0 Å². The second-order valence-corrected chi connectivity index (χ2v) is 7.73. The Morgan fingerprint density at radius 2 is 1.78 bits per heavy atom. The monoisotopic (exact) mass is 276 g/mol. The van der Waals surface area contributed by atoms with E-state index in [9.17, 15) is 8.42 Å². The molecule has 0 aliphatic heterocycles. The van der Waals surface area contributed by atoms with Crippen molar-refractivity contribution in [1.82, 2.24) is 10.2 Å². The van der Waals surface area contributed by atoms with Gasteiger partial charge >= 0.3 is 0 Å². The van der Waals surface area contributed by atoms with Gasteiger partial charge in [0.25, 0.3) is 0 Å². The van der Waals surface area contributed by atoms with Crippen molar-refractivity contribution in [3.05, 3.63) is 0 Å². The maximum Gasteiger partial charge on any atom is 0.151 e. The molecule has 5 heteroatoms. The van der Waals surface area contributed by atoms with E-state index in [1.54, 1.807) is 0 Å². The Hall–Kier alpha value is -0.130. The summed E-state index contributed by atoms with van der Waals surface area (Å²) in [5.74, 6) is 0.636. The highest BCUT2D eigenvalue weighted by molar-refractivity contribution is 7.91. The molecule has 0 unspecified atom stereocenters. The fourth-order valence-corrected chi connectivity index (χ4v) is 4.08. The number of hydrogen-bond acceptors (Lipinski definition) is 4. The zero-order valence-electron chi connectivity index (χ0n) is 12.0. The number of sulfone groups is 1. The minimum Gasteiger partial charge on any atom is -0.317 e. The summed E-state index contributed by atoms with van der Waals surface area (Å²) in [7, 11) is 1.25. The van der Waals surface area contributed by atoms with Crippen LogP contribution in [0.5, 0.6) is 0 Å². The third kappa shape index (κ3) is 5.24. The molecule has 1 N–H and O–H groups in total. The average molecular weight is 276 g/mol. The quantitative estimate of drug-likeness (QED) is 0.761. The Balaban J connectivity index is 2.31. The van der Waals surface area contributed by atoms with Crippen LogP contribution in [-0.2, 0) is 9.84 Å². The molecule has 0 atom stereocenters. The summed E-state index contributed by atoms with van der Waals surface area (Å²) >= 11 is 0. The molecule has 0 aromatic heterocycles. The number of hydrogen-bond donors (Lipinski definition) is 1. The van der Waals surface area contributed by atoms with Crippen molar-refractivity contribution in [3.8, 4) is 0 Å². The zero-order valence-corrected chi connectivity index (χ0v) is 12.8. The largest absolute Gasteiger partial charge is 0.317 e. The van der Waals surface area contributed by atoms with Gasteiger partial charge in [-0.05, 0) is 46.2 Å². The minimum atomic E-state index is -2.83. The van der Waals surface area contributed by atoms with Crippen molar-refractivity contribution in [3.63, 3.8) is 0 Å². The molecule has 1 fully saturated rings. The Morgan fingerprint density at radius 1 is 1.17 bits per heavy atom. The maximum atomic E-state index is 11.7. The highest BCUT2D eigenvalue weighted by atomic mass is 32.2. The molecule has 0 heterocycles. The molecule has 0 spiro atoms. The summed E-state index contributed by atoms with van der Waals surface area (Å²) in [5.41, 5.74) is 0. The first-order valence-corrected chi connectivity index (χ1v) is 8.88. The lowest BCUT2D eigenvalue weighted by molar-refractivity contribution is 0.184. The van der Waals surface area contributed by atoms with Crippen LogP contribution in [0.1, 0.15) is 39.0 Å². The highest BCUT2D eigenvalue weighted by Crippen LogP contribution is 2.22. The normalized spacial score (nSPS) is 25.6. The van der Waals surface area contributed by atoms with E-state index in [1.807, 2.05) is 14.0 Å². The van der Waals surface area contributed by atoms with Crippen molar-refractivity contribution in [2.75, 3.05) is 32.1 Å². The van der Waals surface area contributed by atoms with Crippen molar-refractivity contribution in [2.45, 2.75) is 51.1 Å². The van der Waals surface area contributed by atoms with E-state index in [4.69, 9.17) is 0 Å². The van der Waals surface area contributed by atoms with Crippen molar-refractivity contribution in [1.29, 1.82) is 0 Å². The van der Waals surface area contributed by atoms with Gasteiger partial charge in [0.15, 0.2) is 9.84 Å². The van der Waals surface area contributed by atoms with E-state index in [-0.39, 0.29) is 0 Å². The lowest BCUT2D eigenvalue weighted by Crippen LogP contribution is -2.41. The molecule has 4 nitrogen and oxygen atoms in total. The SMILES string of the molecule is CCCS(=O)(=O)CCN(C)C1CCC(NC)CC1. The molecule has 0 radical (unpaired) electrons. The summed E-state index contributed by atoms with van der Waals surface area (Å²) in [4.78, 5) is 2.24. The molecule has 0 saturated heterocycles. The van der Waals surface area contributed by atoms with Crippen LogP contribution in [0.4, 0.5) is 0 Å². The molecule has 18 heavy (non-hydrogen) atoms. The van der Waals surface area contributed by atoms with E-state index in [0.717, 1.165) is 6.42 Å². The van der Waals surface area contributed by atoms with Crippen molar-refractivity contribution in [2.24, 2.45) is 0 Å². The van der Waals surface area contributed by atoms with E-state index < -0.39 is 9.84 Å². The van der Waals surface area contributed by atoms with E-state index in [0.29, 0.717) is 30.1 Å². The van der Waals surface area contributed by atoms with Gasteiger partial charge in [0, 0.05) is 24.4 Å². The lowest BCUT2D eigenvalue weighted by atomic mass is 9.90. The van der Waals surface area contributed by atoms with Crippen molar-refractivity contribution >= 4 is 9.84 Å². The Morgan fingerprint density at radius 3 is 2.28 bits per heavy atom. The van der Waals surface area contributed by atoms with Gasteiger partial charge in [-0.15, -0.1) is 0 Å². The summed E-state index contributed by atoms with van der Waals surface area (Å²) in [6.45, 7) is 2.59. The van der Waals surface area contributed by atoms with Gasteiger partial charge in [0.1, 0.15) is 0 Å². The molecular weight excluding hydrogens is 248 g/mol. The third-order valence-electron chi connectivity index (χ3n) is 4.00. The van der Waals surface area contributed by atoms with Gasteiger partial charge in [0.2, 0.25) is 0 Å². The second kappa shape index (κ2) is 7.46. The topological polar surface area (TPSA) is 49.4 Å². The smallest absolute Gasteiger partial charge is 0.151 e. The fraction of sp³-hybridized carbons (Fsp3) is 1.00. The van der Waals surface area contributed by atoms with E-state index >= 15 is 0 Å². The average Bonchev–Trinajstić information content (AvgIpc) is 2.36. The summed E-state index contributed by atoms with van der Waals surface area (Å²) < 4.78 is 23.4. The number of nitrogens with one attached hydrogen (secondary N) is 1. The van der Waals surface area contributed by atoms with Gasteiger partial charge in [-0.25, -0.2) is 8.42 Å². The number of nitrogens with zero attached hydrogens (tertiary/aromatic N) is 1. The summed E-state index contributed by atoms with van der Waals surface area (Å²) in [6, 6.07) is 1.21. The Bertz CT molecular complexity index is 322. The zero-order chi connectivity index (χ0) is 13.6. The van der Waals surface area contributed by atoms with Gasteiger partial charge < -0.3 is 10.2 Å². The van der Waals surface area contributed by atoms with Crippen LogP contribution in [0.2, 0.25) is 0 Å². The molecule has 0 aromatic carbocycles. The van der Waals surface area contributed by atoms with Gasteiger partial charge in [-0.3, -0.25) is 0 Å². The van der Waals surface area contributed by atoms with E-state index in [1.165, 1.54) is 25.7 Å². The van der Waals surface area contributed by atoms with Crippen LogP contribution in [0, 0.1) is 0 Å². The molecule has 1 saturated carbocycles. The first-order valence-electron chi connectivity index (χ1n) is 7.06. The lowest BCUT2D eigenvalue weighted by Gasteiger charge is -2.34. The minimum absolute atomic E-state index is 0.309. The van der Waals surface area contributed by atoms with Gasteiger partial charge in [-0.1, -0.05) is 6.92 Å². The number of rotatable bonds is 7. The molecule has 1 aliphatic carbocycles. The predicted octanol–water partition coefficient (Wildman–Crippen LogP) is 1.27. The van der Waals surface area contributed by atoms with Crippen LogP contribution >= 0.6 is 0 Å². The van der Waals surface area contributed by atoms with Gasteiger partial charge in [0.05, 0.1) is 5.75 Å². The van der Waals surface area contributed by atoms with Crippen LogP contribution in [0.25, 0.3) is 0 Å². The Kier molecular flexibility index (Phi) is 6.60. The highest BCUT2D eigenvalue weighted by Gasteiger charge is 2.23. The molecule has 108 valence electrons. The molecule has 0 bridgehead atoms. The predicted molar refractivity (Wildman–Crippen MR) is 76.7 cm³/mol. The summed E-state index contributed by atoms with van der Waals surface area (Å²) in [6.07, 6.45) is 5.48. The third-order valence-corrected chi connectivity index (χ3v) is 5.83. The first kappa shape index (κ1) is 15.9. The second-order valence-electron chi connectivity index (χ2n) is 5.43. The van der Waals surface area contributed by atoms with Crippen LogP contribution in [0.15, 0.2) is 0 Å². The Labute approximate surface area is 112 Å². The molecular formula is C13H28N2O2S. The molecule has 1 aliphatic rings. The van der Waals surface area contributed by atoms with Crippen LogP contribution in [0.3, 0.4) is 0 Å². The first-order chi connectivity index (χ1) is 8.48. The molecule has 1 rings (SSSR count). The van der Waals surface area contributed by atoms with Crippen LogP contribution in [-0.4, -0.2) is 57.5 Å². The molecule has 0 aromatic rings. The molecule has 0 amide bonds. The standard InChI is InChI=1S/C13H28N2O2S/c1-4-10-18(16,17)11-9-15(3)13-7-5-12(14-2)6-8-13/h12-14H,4-11H2,1-3H3. The van der Waals surface area contributed by atoms with Crippen molar-refractivity contribution < 1.29 is 8.42 Å². The van der Waals surface area contributed by atoms with E-state index in [2.05, 4.69) is 17.3 Å². The fourth-order valence-electron chi connectivity index (χ4n) is 2.68. The van der Waals surface area contributed by atoms with Crippen LogP contribution < -0.4 is 5.32 Å².